The van der Waals surface area contributed by atoms with E-state index in [1.807, 2.05) is 0 Å². The molecule has 4 rings (SSSR count). The number of aliphatic hydroxyl groups excluding tert-OH is 1. The van der Waals surface area contributed by atoms with E-state index in [0.717, 1.165) is 23.1 Å². The van der Waals surface area contributed by atoms with Crippen molar-refractivity contribution in [3.63, 3.8) is 0 Å². The number of rotatable bonds is 4. The monoisotopic (exact) mass is 471 g/mol. The van der Waals surface area contributed by atoms with Crippen molar-refractivity contribution >= 4 is 23.1 Å². The van der Waals surface area contributed by atoms with Crippen molar-refractivity contribution in [2.45, 2.75) is 12.2 Å². The van der Waals surface area contributed by atoms with Gasteiger partial charge in [-0.25, -0.2) is 4.39 Å². The number of hydrogen-bond acceptors (Lipinski definition) is 4. The van der Waals surface area contributed by atoms with Crippen molar-refractivity contribution in [1.82, 2.24) is 0 Å². The number of carbonyl (C=O) groups excluding carboxylic acids is 2. The zero-order valence-corrected chi connectivity index (χ0v) is 17.6. The van der Waals surface area contributed by atoms with Crippen LogP contribution in [0.4, 0.5) is 23.2 Å². The van der Waals surface area contributed by atoms with Gasteiger partial charge in [-0.1, -0.05) is 24.3 Å². The number of hydrogen-bond donors (Lipinski definition) is 1. The van der Waals surface area contributed by atoms with Crippen LogP contribution < -0.4 is 9.64 Å². The molecule has 0 radical (unpaired) electrons. The average Bonchev–Trinajstić information content (AvgIpc) is 3.08. The number of carbonyl (C=O) groups is 2. The van der Waals surface area contributed by atoms with Crippen LogP contribution in [0.5, 0.6) is 5.75 Å². The lowest BCUT2D eigenvalue weighted by Crippen LogP contribution is -2.30. The number of aliphatic hydroxyl groups is 1. The van der Waals surface area contributed by atoms with Crippen LogP contribution in [0.1, 0.15) is 22.7 Å². The molecule has 0 aromatic heterocycles. The van der Waals surface area contributed by atoms with Crippen LogP contribution in [0.2, 0.25) is 0 Å². The van der Waals surface area contributed by atoms with Gasteiger partial charge in [-0.2, -0.15) is 13.2 Å². The van der Waals surface area contributed by atoms with Gasteiger partial charge in [0.25, 0.3) is 11.7 Å². The lowest BCUT2D eigenvalue weighted by atomic mass is 9.94. The second kappa shape index (κ2) is 8.66. The average molecular weight is 471 g/mol. The third kappa shape index (κ3) is 4.00. The van der Waals surface area contributed by atoms with Crippen LogP contribution in [0.15, 0.2) is 78.4 Å². The largest absolute Gasteiger partial charge is 0.507 e. The van der Waals surface area contributed by atoms with Crippen molar-refractivity contribution < 1.29 is 37.0 Å². The van der Waals surface area contributed by atoms with E-state index in [0.29, 0.717) is 11.8 Å². The van der Waals surface area contributed by atoms with E-state index in [4.69, 9.17) is 4.74 Å². The predicted molar refractivity (Wildman–Crippen MR) is 116 cm³/mol. The minimum absolute atomic E-state index is 0.143. The van der Waals surface area contributed by atoms with Crippen LogP contribution in [-0.4, -0.2) is 23.9 Å². The summed E-state index contributed by atoms with van der Waals surface area (Å²) in [6, 6.07) is 13.4. The molecule has 1 saturated heterocycles. The molecule has 1 heterocycles. The second-order valence-electron chi connectivity index (χ2n) is 7.47. The second-order valence-corrected chi connectivity index (χ2v) is 7.47. The van der Waals surface area contributed by atoms with Crippen LogP contribution in [0.25, 0.3) is 5.76 Å². The van der Waals surface area contributed by atoms with Gasteiger partial charge in [0.1, 0.15) is 17.3 Å². The zero-order chi connectivity index (χ0) is 24.6. The molecule has 0 aliphatic carbocycles. The standard InChI is InChI=1S/C25H17F4NO4/c1-34-17-11-9-14(10-12-17)22(31)20-21(18-7-2-3-8-19(18)26)30(24(33)23(20)32)16-6-4-5-15(13-16)25(27,28)29/h2-13,21,31H,1H3. The molecule has 1 amide bonds. The van der Waals surface area contributed by atoms with Crippen LogP contribution >= 0.6 is 0 Å². The molecule has 1 atom stereocenters. The molecule has 1 N–H and O–H groups in total. The summed E-state index contributed by atoms with van der Waals surface area (Å²) < 4.78 is 59.8. The highest BCUT2D eigenvalue weighted by Crippen LogP contribution is 2.44. The maximum atomic E-state index is 14.8. The van der Waals surface area contributed by atoms with E-state index in [2.05, 4.69) is 0 Å². The summed E-state index contributed by atoms with van der Waals surface area (Å²) in [4.78, 5) is 26.8. The number of anilines is 1. The van der Waals surface area contributed by atoms with Gasteiger partial charge in [0.05, 0.1) is 24.3 Å². The molecule has 5 nitrogen and oxygen atoms in total. The van der Waals surface area contributed by atoms with E-state index < -0.39 is 46.6 Å². The fourth-order valence-electron chi connectivity index (χ4n) is 3.83. The van der Waals surface area contributed by atoms with Crippen molar-refractivity contribution in [3.8, 4) is 5.75 Å². The van der Waals surface area contributed by atoms with E-state index >= 15 is 0 Å². The molecule has 174 valence electrons. The fourth-order valence-corrected chi connectivity index (χ4v) is 3.83. The number of amides is 1. The summed E-state index contributed by atoms with van der Waals surface area (Å²) in [7, 11) is 1.44. The highest BCUT2D eigenvalue weighted by molar-refractivity contribution is 6.51. The first-order chi connectivity index (χ1) is 16.1. The Labute approximate surface area is 191 Å². The number of benzene rings is 3. The summed E-state index contributed by atoms with van der Waals surface area (Å²) in [5, 5.41) is 11.0. The van der Waals surface area contributed by atoms with Crippen LogP contribution in [0, 0.1) is 5.82 Å². The van der Waals surface area contributed by atoms with Crippen molar-refractivity contribution in [1.29, 1.82) is 0 Å². The molecule has 3 aromatic carbocycles. The summed E-state index contributed by atoms with van der Waals surface area (Å²) in [5.41, 5.74) is -1.77. The Morgan fingerprint density at radius 1 is 0.971 bits per heavy atom. The first-order valence-corrected chi connectivity index (χ1v) is 10.0. The maximum Gasteiger partial charge on any atom is 0.416 e. The minimum atomic E-state index is -4.71. The quantitative estimate of drug-likeness (QED) is 0.237. The van der Waals surface area contributed by atoms with Gasteiger partial charge in [-0.05, 0) is 48.5 Å². The Bertz CT molecular complexity index is 1300. The van der Waals surface area contributed by atoms with Gasteiger partial charge in [0.15, 0.2) is 0 Å². The summed E-state index contributed by atoms with van der Waals surface area (Å²) in [6.07, 6.45) is -4.71. The first-order valence-electron chi connectivity index (χ1n) is 10.0. The Kier molecular flexibility index (Phi) is 5.87. The Morgan fingerprint density at radius 3 is 2.26 bits per heavy atom. The number of ether oxygens (including phenoxy) is 1. The molecule has 0 spiro atoms. The van der Waals surface area contributed by atoms with Crippen LogP contribution in [0.3, 0.4) is 0 Å². The first kappa shape index (κ1) is 23.0. The number of Topliss-reactive ketones (excluding diaryl/α,β-unsaturated/α-hetero) is 1. The van der Waals surface area contributed by atoms with Gasteiger partial charge in [0.2, 0.25) is 0 Å². The Balaban J connectivity index is 1.95. The molecule has 9 heteroatoms. The molecule has 34 heavy (non-hydrogen) atoms. The molecule has 1 aliphatic rings. The SMILES string of the molecule is COc1ccc(C(O)=C2C(=O)C(=O)N(c3cccc(C(F)(F)F)c3)C2c2ccccc2F)cc1. The summed E-state index contributed by atoms with van der Waals surface area (Å²) in [5.74, 6) is -3.27. The number of methoxy groups -OCH3 is 1. The molecular formula is C25H17F4NO4. The number of alkyl halides is 3. The van der Waals surface area contributed by atoms with Gasteiger partial charge in [0, 0.05) is 16.8 Å². The smallest absolute Gasteiger partial charge is 0.416 e. The minimum Gasteiger partial charge on any atom is -0.507 e. The molecule has 1 unspecified atom stereocenters. The third-order valence-electron chi connectivity index (χ3n) is 5.46. The van der Waals surface area contributed by atoms with Gasteiger partial charge >= 0.3 is 6.18 Å². The predicted octanol–water partition coefficient (Wildman–Crippen LogP) is 5.48. The van der Waals surface area contributed by atoms with Crippen molar-refractivity contribution in [2.75, 3.05) is 12.0 Å². The van der Waals surface area contributed by atoms with E-state index in [9.17, 15) is 32.3 Å². The molecule has 0 saturated carbocycles. The number of halogens is 4. The zero-order valence-electron chi connectivity index (χ0n) is 17.6. The Morgan fingerprint density at radius 2 is 1.65 bits per heavy atom. The highest BCUT2D eigenvalue weighted by Gasteiger charge is 2.48. The molecular weight excluding hydrogens is 454 g/mol. The highest BCUT2D eigenvalue weighted by atomic mass is 19.4. The van der Waals surface area contributed by atoms with Gasteiger partial charge < -0.3 is 9.84 Å². The van der Waals surface area contributed by atoms with E-state index in [-0.39, 0.29) is 16.8 Å². The van der Waals surface area contributed by atoms with Crippen molar-refractivity contribution in [3.05, 3.63) is 101 Å². The third-order valence-corrected chi connectivity index (χ3v) is 5.46. The Hall–Kier alpha value is -4.14. The number of nitrogens with zero attached hydrogens (tertiary/aromatic N) is 1. The lowest BCUT2D eigenvalue weighted by Gasteiger charge is -2.26. The normalized spacial score (nSPS) is 17.8. The van der Waals surface area contributed by atoms with Crippen LogP contribution in [-0.2, 0) is 15.8 Å². The number of ketones is 1. The molecule has 1 fully saturated rings. The van der Waals surface area contributed by atoms with Gasteiger partial charge in [-0.3, -0.25) is 14.5 Å². The molecule has 1 aliphatic heterocycles. The fraction of sp³-hybridized carbons (Fsp3) is 0.120. The molecule has 0 bridgehead atoms. The van der Waals surface area contributed by atoms with Gasteiger partial charge in [-0.15, -0.1) is 0 Å². The summed E-state index contributed by atoms with van der Waals surface area (Å²) in [6.45, 7) is 0. The van der Waals surface area contributed by atoms with Crippen molar-refractivity contribution in [2.24, 2.45) is 0 Å². The lowest BCUT2D eigenvalue weighted by molar-refractivity contribution is -0.137. The summed E-state index contributed by atoms with van der Waals surface area (Å²) >= 11 is 0. The van der Waals surface area contributed by atoms with E-state index in [1.54, 1.807) is 0 Å². The molecule has 3 aromatic rings. The topological polar surface area (TPSA) is 66.8 Å². The van der Waals surface area contributed by atoms with E-state index in [1.165, 1.54) is 55.6 Å². The maximum absolute atomic E-state index is 14.8.